The van der Waals surface area contributed by atoms with Gasteiger partial charge in [0, 0.05) is 6.04 Å². The summed E-state index contributed by atoms with van der Waals surface area (Å²) in [7, 11) is 2.14. The molecule has 0 radical (unpaired) electrons. The van der Waals surface area contributed by atoms with Gasteiger partial charge < -0.3 is 15.5 Å². The topological polar surface area (TPSA) is 44.4 Å². The quantitative estimate of drug-likeness (QED) is 0.788. The number of hydrogen-bond acceptors (Lipinski definition) is 3. The van der Waals surface area contributed by atoms with Gasteiger partial charge in [0.25, 0.3) is 0 Å². The highest BCUT2D eigenvalue weighted by molar-refractivity contribution is 5.85. The summed E-state index contributed by atoms with van der Waals surface area (Å²) in [5.74, 6) is 0.210. The lowest BCUT2D eigenvalue weighted by Gasteiger charge is -2.30. The monoisotopic (exact) mass is 283 g/mol. The molecule has 0 saturated carbocycles. The van der Waals surface area contributed by atoms with Crippen molar-refractivity contribution in [2.24, 2.45) is 0 Å². The van der Waals surface area contributed by atoms with Gasteiger partial charge in [0.15, 0.2) is 0 Å². The third-order valence-corrected chi connectivity index (χ3v) is 3.44. The highest BCUT2D eigenvalue weighted by atomic mass is 35.5. The first-order chi connectivity index (χ1) is 7.25. The molecule has 1 unspecified atom stereocenters. The van der Waals surface area contributed by atoms with Crippen molar-refractivity contribution in [3.8, 4) is 0 Å². The van der Waals surface area contributed by atoms with Gasteiger partial charge in [-0.15, -0.1) is 24.8 Å². The Morgan fingerprint density at radius 2 is 1.88 bits per heavy atom. The standard InChI is InChI=1S/C11H21N3O.2ClH/c1-14-7-4-9(5-8-14)13-11(15)10-3-2-6-12-10;;/h9-10,12H,2-8H2,1H3,(H,13,15);2*1H. The van der Waals surface area contributed by atoms with E-state index in [1.165, 1.54) is 0 Å². The van der Waals surface area contributed by atoms with E-state index in [0.717, 1.165) is 45.3 Å². The van der Waals surface area contributed by atoms with Crippen molar-refractivity contribution < 1.29 is 4.79 Å². The minimum Gasteiger partial charge on any atom is -0.352 e. The maximum absolute atomic E-state index is 11.8. The summed E-state index contributed by atoms with van der Waals surface area (Å²) in [6, 6.07) is 0.473. The highest BCUT2D eigenvalue weighted by Gasteiger charge is 2.25. The molecule has 2 aliphatic rings. The molecule has 0 aromatic rings. The molecule has 102 valence electrons. The third-order valence-electron chi connectivity index (χ3n) is 3.44. The van der Waals surface area contributed by atoms with E-state index in [4.69, 9.17) is 0 Å². The first-order valence-electron chi connectivity index (χ1n) is 5.98. The molecule has 0 aliphatic carbocycles. The van der Waals surface area contributed by atoms with Crippen molar-refractivity contribution >= 4 is 30.7 Å². The van der Waals surface area contributed by atoms with E-state index >= 15 is 0 Å². The van der Waals surface area contributed by atoms with Crippen LogP contribution in [0.4, 0.5) is 0 Å². The molecule has 0 aromatic heterocycles. The summed E-state index contributed by atoms with van der Waals surface area (Å²) in [5.41, 5.74) is 0. The van der Waals surface area contributed by atoms with Crippen molar-refractivity contribution in [1.82, 2.24) is 15.5 Å². The SMILES string of the molecule is CN1CCC(NC(=O)C2CCCN2)CC1.Cl.Cl. The number of nitrogens with one attached hydrogen (secondary N) is 2. The number of hydrogen-bond donors (Lipinski definition) is 2. The van der Waals surface area contributed by atoms with E-state index in [0.29, 0.717) is 6.04 Å². The minimum absolute atomic E-state index is 0. The lowest BCUT2D eigenvalue weighted by Crippen LogP contribution is -2.48. The predicted octanol–water partition coefficient (Wildman–Crippen LogP) is 0.792. The molecule has 1 amide bonds. The van der Waals surface area contributed by atoms with Crippen molar-refractivity contribution in [1.29, 1.82) is 0 Å². The lowest BCUT2D eigenvalue weighted by molar-refractivity contribution is -0.123. The zero-order valence-electron chi connectivity index (χ0n) is 10.3. The fourth-order valence-corrected chi connectivity index (χ4v) is 2.36. The van der Waals surface area contributed by atoms with Crippen LogP contribution in [0.5, 0.6) is 0 Å². The van der Waals surface area contributed by atoms with Crippen LogP contribution >= 0.6 is 24.8 Å². The number of nitrogens with zero attached hydrogens (tertiary/aromatic N) is 1. The Labute approximate surface area is 116 Å². The van der Waals surface area contributed by atoms with Gasteiger partial charge in [-0.3, -0.25) is 4.79 Å². The number of piperidine rings is 1. The Morgan fingerprint density at radius 3 is 2.41 bits per heavy atom. The maximum Gasteiger partial charge on any atom is 0.237 e. The molecule has 2 rings (SSSR count). The molecule has 0 aromatic carbocycles. The van der Waals surface area contributed by atoms with Gasteiger partial charge in [-0.1, -0.05) is 0 Å². The first kappa shape index (κ1) is 17.0. The highest BCUT2D eigenvalue weighted by Crippen LogP contribution is 2.10. The molecule has 6 heteroatoms. The van der Waals surface area contributed by atoms with Crippen molar-refractivity contribution in [3.63, 3.8) is 0 Å². The zero-order chi connectivity index (χ0) is 10.7. The summed E-state index contributed by atoms with van der Waals surface area (Å²) in [6.07, 6.45) is 4.31. The lowest BCUT2D eigenvalue weighted by atomic mass is 10.0. The van der Waals surface area contributed by atoms with E-state index in [-0.39, 0.29) is 36.8 Å². The number of amides is 1. The Kier molecular flexibility index (Phi) is 8.12. The Balaban J connectivity index is 0.00000128. The minimum atomic E-state index is 0. The molecule has 2 saturated heterocycles. The van der Waals surface area contributed by atoms with E-state index < -0.39 is 0 Å². The summed E-state index contributed by atoms with van der Waals surface area (Å²) < 4.78 is 0. The zero-order valence-corrected chi connectivity index (χ0v) is 11.9. The van der Waals surface area contributed by atoms with E-state index in [2.05, 4.69) is 22.6 Å². The Hall–Kier alpha value is -0.0300. The van der Waals surface area contributed by atoms with Gasteiger partial charge in [0.1, 0.15) is 0 Å². The summed E-state index contributed by atoms with van der Waals surface area (Å²) >= 11 is 0. The van der Waals surface area contributed by atoms with Gasteiger partial charge >= 0.3 is 0 Å². The number of likely N-dealkylation sites (tertiary alicyclic amines) is 1. The van der Waals surface area contributed by atoms with E-state index in [1.54, 1.807) is 0 Å². The number of rotatable bonds is 2. The molecule has 2 heterocycles. The summed E-state index contributed by atoms with van der Waals surface area (Å²) in [5, 5.41) is 6.39. The average molecular weight is 284 g/mol. The molecule has 0 bridgehead atoms. The number of halogens is 2. The maximum atomic E-state index is 11.8. The van der Waals surface area contributed by atoms with Gasteiger partial charge in [-0.05, 0) is 52.4 Å². The van der Waals surface area contributed by atoms with Crippen LogP contribution in [-0.2, 0) is 4.79 Å². The van der Waals surface area contributed by atoms with Crippen molar-refractivity contribution in [3.05, 3.63) is 0 Å². The fourth-order valence-electron chi connectivity index (χ4n) is 2.36. The molecule has 2 fully saturated rings. The summed E-state index contributed by atoms with van der Waals surface area (Å²) in [4.78, 5) is 14.1. The average Bonchev–Trinajstić information content (AvgIpc) is 2.74. The number of carbonyl (C=O) groups is 1. The third kappa shape index (κ3) is 5.00. The van der Waals surface area contributed by atoms with Crippen molar-refractivity contribution in [2.45, 2.75) is 37.8 Å². The second kappa shape index (κ2) is 8.14. The van der Waals surface area contributed by atoms with Crippen LogP contribution in [-0.4, -0.2) is 49.6 Å². The molecular formula is C11H23Cl2N3O. The summed E-state index contributed by atoms with van der Waals surface area (Å²) in [6.45, 7) is 3.19. The van der Waals surface area contributed by atoms with Gasteiger partial charge in [0.2, 0.25) is 5.91 Å². The van der Waals surface area contributed by atoms with Crippen LogP contribution in [0.25, 0.3) is 0 Å². The van der Waals surface area contributed by atoms with Crippen LogP contribution in [0, 0.1) is 0 Å². The van der Waals surface area contributed by atoms with Crippen LogP contribution in [0.2, 0.25) is 0 Å². The molecule has 1 atom stereocenters. The van der Waals surface area contributed by atoms with Gasteiger partial charge in [-0.2, -0.15) is 0 Å². The second-order valence-corrected chi connectivity index (χ2v) is 4.74. The predicted molar refractivity (Wildman–Crippen MR) is 74.2 cm³/mol. The van der Waals surface area contributed by atoms with Crippen LogP contribution < -0.4 is 10.6 Å². The van der Waals surface area contributed by atoms with Crippen LogP contribution in [0.1, 0.15) is 25.7 Å². The molecule has 0 spiro atoms. The smallest absolute Gasteiger partial charge is 0.237 e. The molecule has 17 heavy (non-hydrogen) atoms. The largest absolute Gasteiger partial charge is 0.352 e. The van der Waals surface area contributed by atoms with Gasteiger partial charge in [-0.25, -0.2) is 0 Å². The normalized spacial score (nSPS) is 25.8. The molecule has 4 nitrogen and oxygen atoms in total. The fraction of sp³-hybridized carbons (Fsp3) is 0.909. The van der Waals surface area contributed by atoms with Gasteiger partial charge in [0.05, 0.1) is 6.04 Å². The molecule has 2 N–H and O–H groups in total. The first-order valence-corrected chi connectivity index (χ1v) is 5.98. The Morgan fingerprint density at radius 1 is 1.24 bits per heavy atom. The Bertz CT molecular complexity index is 227. The molecule has 2 aliphatic heterocycles. The second-order valence-electron chi connectivity index (χ2n) is 4.74. The van der Waals surface area contributed by atoms with Crippen molar-refractivity contribution in [2.75, 3.05) is 26.7 Å². The molecular weight excluding hydrogens is 261 g/mol. The number of carbonyl (C=O) groups excluding carboxylic acids is 1. The van der Waals surface area contributed by atoms with E-state index in [9.17, 15) is 4.79 Å². The van der Waals surface area contributed by atoms with Crippen LogP contribution in [0.3, 0.4) is 0 Å². The van der Waals surface area contributed by atoms with E-state index in [1.807, 2.05) is 0 Å². The van der Waals surface area contributed by atoms with Crippen LogP contribution in [0.15, 0.2) is 0 Å².